The van der Waals surface area contributed by atoms with Crippen molar-refractivity contribution < 1.29 is 53.0 Å². The Hall–Kier alpha value is -20.0. The van der Waals surface area contributed by atoms with E-state index in [1.807, 2.05) is 152 Å². The third-order valence-electron chi connectivity index (χ3n) is 21.5. The molecule has 46 heteroatoms. The average Bonchev–Trinajstić information content (AvgIpc) is 1.61. The van der Waals surface area contributed by atoms with Crippen molar-refractivity contribution in [3.05, 3.63) is 323 Å². The lowest BCUT2D eigenvalue weighted by molar-refractivity contribution is -0.114. The number of fused-ring (bicyclic) bond motifs is 5. The number of nitriles is 3. The third-order valence-corrected chi connectivity index (χ3v) is 21.5. The molecule has 0 saturated heterocycles. The van der Waals surface area contributed by atoms with Gasteiger partial charge < -0.3 is 71.5 Å². The van der Waals surface area contributed by atoms with Crippen molar-refractivity contribution in [2.45, 2.75) is 52.7 Å². The molecule has 148 heavy (non-hydrogen) atoms. The normalized spacial score (nSPS) is 10.7. The van der Waals surface area contributed by atoms with Gasteiger partial charge in [-0.3, -0.25) is 4.79 Å². The minimum Gasteiger partial charge on any atom is -0.465 e. The highest BCUT2D eigenvalue weighted by molar-refractivity contribution is 6.02. The van der Waals surface area contributed by atoms with E-state index >= 15 is 0 Å². The number of carbonyl (C=O) groups excluding carboxylic acids is 3. The van der Waals surface area contributed by atoms with Gasteiger partial charge in [-0.25, -0.2) is 38.9 Å². The number of anilines is 11. The van der Waals surface area contributed by atoms with Crippen LogP contribution < -0.4 is 37.2 Å². The molecule has 10 aromatic heterocycles. The molecule has 0 aliphatic heterocycles. The van der Waals surface area contributed by atoms with Gasteiger partial charge in [0.15, 0.2) is 55.8 Å². The van der Waals surface area contributed by atoms with Crippen LogP contribution in [0.25, 0.3) is 84.3 Å². The lowest BCUT2D eigenvalue weighted by atomic mass is 10.1. The molecule has 0 spiro atoms. The quantitative estimate of drug-likeness (QED) is 0.0138. The number of carbonyl (C=O) groups is 3. The van der Waals surface area contributed by atoms with Gasteiger partial charge in [0.05, 0.1) is 140 Å². The number of rotatable bonds is 32. The maximum atomic E-state index is 13.1. The molecule has 45 nitrogen and oxygen atoms in total. The SMILES string of the molecule is CCOC(=O)NCc1cccc(-n2nnc3cnc(Nc4cccc(C#N)c4)nc32)c1.COC(=O)c1cc(Nc2ncc3nnn(-c4cccc(CC#N)c4)c3n2)ccc1NC(C)=O.COCCOCc1cccc(-n2nnc3cnc(Nc4ccc(F)cc4)nc32)c1.N#Cc1ccc(Nc2ncc3nnn(-c4cccc(CCO)c4)c3n2)cc1.OCCc1ccc(Nc2ncc3nnn(-c4ccc(CCO)cc4)c3n2)cc1. The van der Waals surface area contributed by atoms with Crippen LogP contribution in [0, 0.1) is 39.8 Å². The van der Waals surface area contributed by atoms with E-state index in [0.717, 1.165) is 67.5 Å². The number of ether oxygens (including phenoxy) is 4. The minimum atomic E-state index is -0.599. The molecule has 0 aliphatic carbocycles. The number of hydrogen-bond donors (Lipinski definition) is 10. The van der Waals surface area contributed by atoms with Crippen LogP contribution in [0.4, 0.5) is 73.1 Å². The topological polar surface area (TPSA) is 587 Å². The fourth-order valence-electron chi connectivity index (χ4n) is 14.4. The van der Waals surface area contributed by atoms with Crippen LogP contribution in [0.1, 0.15) is 68.7 Å². The van der Waals surface area contributed by atoms with Crippen LogP contribution in [0.15, 0.2) is 268 Å². The largest absolute Gasteiger partial charge is 0.465 e. The molecule has 0 atom stereocenters. The Labute approximate surface area is 840 Å². The van der Waals surface area contributed by atoms with Gasteiger partial charge >= 0.3 is 12.1 Å². The van der Waals surface area contributed by atoms with E-state index in [0.29, 0.717) is 171 Å². The Morgan fingerprint density at radius 3 is 1.22 bits per heavy atom. The van der Waals surface area contributed by atoms with Gasteiger partial charge in [-0.2, -0.15) is 64.1 Å². The van der Waals surface area contributed by atoms with Crippen molar-refractivity contribution in [1.29, 1.82) is 15.8 Å². The monoisotopic (exact) mass is 1980 g/mol. The molecule has 0 fully saturated rings. The number of esters is 1. The van der Waals surface area contributed by atoms with Crippen LogP contribution in [-0.2, 0) is 62.6 Å². The summed E-state index contributed by atoms with van der Waals surface area (Å²) in [5.41, 5.74) is 20.4. The molecule has 20 aromatic rings. The van der Waals surface area contributed by atoms with Crippen molar-refractivity contribution in [1.82, 2.24) is 130 Å². The zero-order chi connectivity index (χ0) is 103. The van der Waals surface area contributed by atoms with Gasteiger partial charge in [-0.15, -0.1) is 25.5 Å². The molecule has 20 rings (SSSR count). The maximum absolute atomic E-state index is 13.1. The molecule has 10 aromatic carbocycles. The van der Waals surface area contributed by atoms with Gasteiger partial charge in [0.1, 0.15) is 5.82 Å². The van der Waals surface area contributed by atoms with E-state index in [-0.39, 0.29) is 49.5 Å². The second kappa shape index (κ2) is 49.4. The van der Waals surface area contributed by atoms with Crippen LogP contribution >= 0.6 is 0 Å². The summed E-state index contributed by atoms with van der Waals surface area (Å²) in [5.74, 6) is 0.609. The van der Waals surface area contributed by atoms with Gasteiger partial charge in [0.2, 0.25) is 35.6 Å². The van der Waals surface area contributed by atoms with Crippen molar-refractivity contribution in [3.8, 4) is 46.6 Å². The molecule has 10 N–H and O–H groups in total. The van der Waals surface area contributed by atoms with E-state index in [2.05, 4.69) is 157 Å². The summed E-state index contributed by atoms with van der Waals surface area (Å²) in [6.45, 7) is 5.61. The Kier molecular flexibility index (Phi) is 33.7. The fourth-order valence-corrected chi connectivity index (χ4v) is 14.4. The summed E-state index contributed by atoms with van der Waals surface area (Å²) >= 11 is 0. The Bertz CT molecular complexity index is 8180. The number of hydrogen-bond acceptors (Lipinski definition) is 38. The maximum Gasteiger partial charge on any atom is 0.407 e. The lowest BCUT2D eigenvalue weighted by Crippen LogP contribution is -2.23. The number of nitrogens with zero attached hydrogens (tertiary/aromatic N) is 28. The highest BCUT2D eigenvalue weighted by Crippen LogP contribution is 2.30. The minimum absolute atomic E-state index is 0.0857. The third kappa shape index (κ3) is 26.4. The molecule has 0 aliphatic rings. The van der Waals surface area contributed by atoms with Crippen molar-refractivity contribution in [2.75, 3.05) is 85.8 Å². The van der Waals surface area contributed by atoms with E-state index in [1.165, 1.54) is 38.4 Å². The summed E-state index contributed by atoms with van der Waals surface area (Å²) in [6.07, 6.45) is 9.56. The summed E-state index contributed by atoms with van der Waals surface area (Å²) in [7, 11) is 2.90. The average molecular weight is 1990 g/mol. The number of halogens is 1. The Balaban J connectivity index is 0.000000132. The number of alkyl carbamates (subject to hydrolysis) is 1. The molecule has 740 valence electrons. The van der Waals surface area contributed by atoms with E-state index in [4.69, 9.17) is 50.1 Å². The van der Waals surface area contributed by atoms with Crippen LogP contribution in [0.5, 0.6) is 0 Å². The van der Waals surface area contributed by atoms with Crippen molar-refractivity contribution >= 4 is 138 Å². The zero-order valence-electron chi connectivity index (χ0n) is 79.5. The second-order valence-electron chi connectivity index (χ2n) is 31.9. The number of benzene rings is 10. The zero-order valence-corrected chi connectivity index (χ0v) is 79.5. The molecule has 0 bridgehead atoms. The van der Waals surface area contributed by atoms with Gasteiger partial charge in [0.25, 0.3) is 0 Å². The van der Waals surface area contributed by atoms with Gasteiger partial charge in [-0.1, -0.05) is 105 Å². The highest BCUT2D eigenvalue weighted by atomic mass is 19.1. The van der Waals surface area contributed by atoms with Crippen LogP contribution in [-0.4, -0.2) is 212 Å². The second-order valence-corrected chi connectivity index (χ2v) is 31.9. The first kappa shape index (κ1) is 101. The number of aliphatic hydroxyl groups excluding tert-OH is 3. The molecular formula is C102H90FN35O10. The number of nitrogens with one attached hydrogen (secondary N) is 7. The van der Waals surface area contributed by atoms with Crippen LogP contribution in [0.2, 0.25) is 0 Å². The Morgan fingerprint density at radius 2 is 0.784 bits per heavy atom. The molecular weight excluding hydrogens is 1890 g/mol. The first-order valence-electron chi connectivity index (χ1n) is 45.7. The standard InChI is InChI=1S/C22H18N8O3.C21H18N8O2.C20H19FN6O2.C20H20N6O2.C19H15N7O/c1-13(31)25-18-7-6-15(11-17(18)21(32)33-2)26-22-24-12-19-20(27-22)30(29-28-19)16-5-3-4-14(10-16)8-9-23;1-2-31-21(30)24-12-15-6-4-8-17(10-15)29-19-18(27-28-29)13-23-20(26-19)25-16-7-3-5-14(9-16)11-22;1-28-9-10-29-13-14-3-2-4-17(11-14)27-19-18(25-26-27)12-22-20(24-19)23-16-7-5-15(21)6-8-16;27-11-9-14-1-5-16(6-2-14)22-20-21-13-18-19(23-20)26(25-24-18)17-7-3-15(4-8-17)10-12-28;20-11-14-4-6-15(7-5-14)22-19-21-12-17-18(23-19)26(25-24-17)16-3-1-2-13(10-16)8-9-27/h3-7,10-12H,8H2,1-2H3,(H,25,31)(H,24,26,27);3-10,13H,2,12H2,1H3,(H,24,30)(H,23,25,26);2-8,11-12H,9-10,13H2,1H3,(H,22,23,24);1-8,13,27-28H,9-12H2,(H,21,22,23);1-7,10,12,27H,8-9H2,(H,21,22,23). The van der Waals surface area contributed by atoms with E-state index < -0.39 is 12.1 Å². The number of methoxy groups -OCH3 is 2. The summed E-state index contributed by atoms with van der Waals surface area (Å²) in [6, 6.07) is 77.0. The van der Waals surface area contributed by atoms with Gasteiger partial charge in [-0.05, 0) is 217 Å². The van der Waals surface area contributed by atoms with E-state index in [9.17, 15) is 18.8 Å². The predicted molar refractivity (Wildman–Crippen MR) is 543 cm³/mol. The predicted octanol–water partition coefficient (Wildman–Crippen LogP) is 13.5. The van der Waals surface area contributed by atoms with Crippen molar-refractivity contribution in [3.63, 3.8) is 0 Å². The Morgan fingerprint density at radius 1 is 0.399 bits per heavy atom. The van der Waals surface area contributed by atoms with E-state index in [1.54, 1.807) is 129 Å². The number of amides is 2. The number of aliphatic hydroxyl groups is 3. The summed E-state index contributed by atoms with van der Waals surface area (Å²) < 4.78 is 41.5. The first-order valence-corrected chi connectivity index (χ1v) is 45.7. The molecule has 0 radical (unpaired) electrons. The van der Waals surface area contributed by atoms with Gasteiger partial charge in [0, 0.05) is 68.8 Å². The number of aromatic nitrogens is 25. The highest BCUT2D eigenvalue weighted by Gasteiger charge is 2.21. The molecule has 0 unspecified atom stereocenters. The summed E-state index contributed by atoms with van der Waals surface area (Å²) in [4.78, 5) is 79.1. The fraction of sp³-hybridized carbons (Fsp3) is 0.157. The van der Waals surface area contributed by atoms with Crippen LogP contribution in [0.3, 0.4) is 0 Å². The molecule has 2 amide bonds. The first-order chi connectivity index (χ1) is 72.4. The molecule has 0 saturated carbocycles. The lowest BCUT2D eigenvalue weighted by Gasteiger charge is -2.11. The van der Waals surface area contributed by atoms with Crippen molar-refractivity contribution in [2.24, 2.45) is 0 Å². The summed E-state index contributed by atoms with van der Waals surface area (Å²) in [5, 5.41) is 116. The smallest absolute Gasteiger partial charge is 0.407 e. The molecule has 10 heterocycles.